The summed E-state index contributed by atoms with van der Waals surface area (Å²) in [5, 5.41) is 17.8. The summed E-state index contributed by atoms with van der Waals surface area (Å²) in [6, 6.07) is 6.40. The number of nitrogens with one attached hydrogen (secondary N) is 1. The number of hydrogen-bond donors (Lipinski definition) is 1. The van der Waals surface area contributed by atoms with Gasteiger partial charge in [-0.2, -0.15) is 5.10 Å². The summed E-state index contributed by atoms with van der Waals surface area (Å²) < 4.78 is 1.77. The highest BCUT2D eigenvalue weighted by atomic mass is 16.6. The molecule has 0 atom stereocenters. The van der Waals surface area contributed by atoms with Crippen LogP contribution in [-0.2, 0) is 13.5 Å². The summed E-state index contributed by atoms with van der Waals surface area (Å²) in [6.07, 6.45) is 4.67. The second-order valence-electron chi connectivity index (χ2n) is 4.00. The molecule has 6 heteroatoms. The van der Waals surface area contributed by atoms with Crippen molar-refractivity contribution in [3.05, 3.63) is 52.3 Å². The Hall–Kier alpha value is -2.37. The molecule has 2 rings (SSSR count). The molecule has 2 aromatic rings. The fourth-order valence-corrected chi connectivity index (χ4v) is 1.65. The molecule has 0 amide bonds. The first-order valence-electron chi connectivity index (χ1n) is 5.61. The van der Waals surface area contributed by atoms with Crippen molar-refractivity contribution in [2.24, 2.45) is 7.05 Å². The molecule has 0 unspecified atom stereocenters. The molecular weight excluding hydrogens is 232 g/mol. The molecule has 0 saturated carbocycles. The van der Waals surface area contributed by atoms with E-state index in [4.69, 9.17) is 0 Å². The Kier molecular flexibility index (Phi) is 3.57. The summed E-state index contributed by atoms with van der Waals surface area (Å²) in [4.78, 5) is 10.1. The van der Waals surface area contributed by atoms with Crippen LogP contribution in [0.5, 0.6) is 0 Å². The van der Waals surface area contributed by atoms with Gasteiger partial charge in [0.15, 0.2) is 0 Å². The normalized spacial score (nSPS) is 10.3. The number of benzene rings is 1. The molecule has 1 heterocycles. The van der Waals surface area contributed by atoms with Crippen LogP contribution in [0.25, 0.3) is 0 Å². The maximum absolute atomic E-state index is 10.5. The topological polar surface area (TPSA) is 73.0 Å². The predicted molar refractivity (Wildman–Crippen MR) is 68.5 cm³/mol. The van der Waals surface area contributed by atoms with Gasteiger partial charge in [-0.25, -0.2) is 0 Å². The number of anilines is 1. The molecule has 1 aromatic carbocycles. The first-order valence-corrected chi connectivity index (χ1v) is 5.61. The lowest BCUT2D eigenvalue weighted by Crippen LogP contribution is -2.04. The van der Waals surface area contributed by atoms with E-state index in [1.165, 1.54) is 12.1 Å². The van der Waals surface area contributed by atoms with E-state index >= 15 is 0 Å². The molecule has 6 nitrogen and oxygen atoms in total. The van der Waals surface area contributed by atoms with Gasteiger partial charge in [0.2, 0.25) is 0 Å². The molecule has 18 heavy (non-hydrogen) atoms. The summed E-state index contributed by atoms with van der Waals surface area (Å²) in [6.45, 7) is 0.767. The van der Waals surface area contributed by atoms with Crippen molar-refractivity contribution in [1.29, 1.82) is 0 Å². The highest BCUT2D eigenvalue weighted by Gasteiger charge is 2.03. The van der Waals surface area contributed by atoms with Crippen molar-refractivity contribution in [1.82, 2.24) is 9.78 Å². The molecule has 0 aliphatic heterocycles. The summed E-state index contributed by atoms with van der Waals surface area (Å²) in [5.41, 5.74) is 2.14. The van der Waals surface area contributed by atoms with Crippen molar-refractivity contribution in [2.75, 3.05) is 11.9 Å². The SMILES string of the molecule is Cn1cc(CCNc2ccc([N+](=O)[O-])cc2)cn1. The second-order valence-corrected chi connectivity index (χ2v) is 4.00. The molecular formula is C12H14N4O2. The number of non-ortho nitro benzene ring substituents is 1. The Morgan fingerprint density at radius 3 is 2.67 bits per heavy atom. The monoisotopic (exact) mass is 246 g/mol. The molecule has 0 fully saturated rings. The maximum Gasteiger partial charge on any atom is 0.269 e. The van der Waals surface area contributed by atoms with Crippen LogP contribution in [0.2, 0.25) is 0 Å². The van der Waals surface area contributed by atoms with Crippen molar-refractivity contribution in [3.63, 3.8) is 0 Å². The fraction of sp³-hybridized carbons (Fsp3) is 0.250. The lowest BCUT2D eigenvalue weighted by Gasteiger charge is -2.04. The van der Waals surface area contributed by atoms with Crippen LogP contribution >= 0.6 is 0 Å². The standard InChI is InChI=1S/C12H14N4O2/c1-15-9-10(8-14-15)6-7-13-11-2-4-12(5-3-11)16(17)18/h2-5,8-9,13H,6-7H2,1H3. The van der Waals surface area contributed by atoms with E-state index in [-0.39, 0.29) is 5.69 Å². The van der Waals surface area contributed by atoms with Gasteiger partial charge in [-0.15, -0.1) is 0 Å². The number of nitro groups is 1. The van der Waals surface area contributed by atoms with Crippen molar-refractivity contribution >= 4 is 11.4 Å². The third-order valence-electron chi connectivity index (χ3n) is 2.58. The highest BCUT2D eigenvalue weighted by Crippen LogP contribution is 2.15. The zero-order chi connectivity index (χ0) is 13.0. The molecule has 0 radical (unpaired) electrons. The summed E-state index contributed by atoms with van der Waals surface area (Å²) >= 11 is 0. The molecule has 94 valence electrons. The maximum atomic E-state index is 10.5. The van der Waals surface area contributed by atoms with Crippen LogP contribution in [0.15, 0.2) is 36.7 Å². The van der Waals surface area contributed by atoms with Crippen LogP contribution < -0.4 is 5.32 Å². The van der Waals surface area contributed by atoms with Gasteiger partial charge in [0.05, 0.1) is 11.1 Å². The van der Waals surface area contributed by atoms with Crippen molar-refractivity contribution in [3.8, 4) is 0 Å². The van der Waals surface area contributed by atoms with Gasteiger partial charge < -0.3 is 5.32 Å². The average Bonchev–Trinajstić information content (AvgIpc) is 2.76. The van der Waals surface area contributed by atoms with E-state index in [2.05, 4.69) is 10.4 Å². The van der Waals surface area contributed by atoms with Crippen molar-refractivity contribution in [2.45, 2.75) is 6.42 Å². The number of aryl methyl sites for hydroxylation is 1. The number of nitrogens with zero attached hydrogens (tertiary/aromatic N) is 3. The number of hydrogen-bond acceptors (Lipinski definition) is 4. The number of rotatable bonds is 5. The lowest BCUT2D eigenvalue weighted by atomic mass is 10.2. The van der Waals surface area contributed by atoms with E-state index in [0.717, 1.165) is 24.2 Å². The van der Waals surface area contributed by atoms with Crippen LogP contribution in [0, 0.1) is 10.1 Å². The number of aromatic nitrogens is 2. The first kappa shape index (κ1) is 12.1. The zero-order valence-corrected chi connectivity index (χ0v) is 10.0. The Labute approximate surface area is 104 Å². The minimum Gasteiger partial charge on any atom is -0.385 e. The smallest absolute Gasteiger partial charge is 0.269 e. The summed E-state index contributed by atoms with van der Waals surface area (Å²) in [5.74, 6) is 0. The van der Waals surface area contributed by atoms with E-state index in [1.54, 1.807) is 16.8 Å². The molecule has 0 saturated heterocycles. The second kappa shape index (κ2) is 5.31. The third-order valence-corrected chi connectivity index (χ3v) is 2.58. The van der Waals surface area contributed by atoms with E-state index in [0.29, 0.717) is 0 Å². The van der Waals surface area contributed by atoms with Crippen LogP contribution in [0.1, 0.15) is 5.56 Å². The number of nitro benzene ring substituents is 1. The van der Waals surface area contributed by atoms with Gasteiger partial charge in [0, 0.05) is 37.6 Å². The minimum atomic E-state index is -0.403. The largest absolute Gasteiger partial charge is 0.385 e. The quantitative estimate of drug-likeness (QED) is 0.646. The molecule has 0 aliphatic carbocycles. The molecule has 0 spiro atoms. The Balaban J connectivity index is 1.85. The molecule has 0 aliphatic rings. The lowest BCUT2D eigenvalue weighted by molar-refractivity contribution is -0.384. The van der Waals surface area contributed by atoms with Gasteiger partial charge in [0.1, 0.15) is 0 Å². The van der Waals surface area contributed by atoms with Gasteiger partial charge >= 0.3 is 0 Å². The van der Waals surface area contributed by atoms with Gasteiger partial charge in [-0.3, -0.25) is 14.8 Å². The summed E-state index contributed by atoms with van der Waals surface area (Å²) in [7, 11) is 1.88. The van der Waals surface area contributed by atoms with Gasteiger partial charge in [-0.1, -0.05) is 0 Å². The van der Waals surface area contributed by atoms with Crippen LogP contribution in [0.3, 0.4) is 0 Å². The Morgan fingerprint density at radius 1 is 1.39 bits per heavy atom. The molecule has 1 N–H and O–H groups in total. The molecule has 1 aromatic heterocycles. The van der Waals surface area contributed by atoms with Crippen molar-refractivity contribution < 1.29 is 4.92 Å². The van der Waals surface area contributed by atoms with Crippen LogP contribution in [0.4, 0.5) is 11.4 Å². The molecule has 0 bridgehead atoms. The third kappa shape index (κ3) is 3.07. The van der Waals surface area contributed by atoms with E-state index in [9.17, 15) is 10.1 Å². The van der Waals surface area contributed by atoms with E-state index < -0.39 is 4.92 Å². The van der Waals surface area contributed by atoms with Gasteiger partial charge in [0.25, 0.3) is 5.69 Å². The van der Waals surface area contributed by atoms with Gasteiger partial charge in [-0.05, 0) is 24.1 Å². The minimum absolute atomic E-state index is 0.104. The first-order chi connectivity index (χ1) is 8.65. The van der Waals surface area contributed by atoms with Crippen LogP contribution in [-0.4, -0.2) is 21.2 Å². The average molecular weight is 246 g/mol. The Bertz CT molecular complexity index is 533. The zero-order valence-electron chi connectivity index (χ0n) is 10.0. The fourth-order valence-electron chi connectivity index (χ4n) is 1.65. The van der Waals surface area contributed by atoms with E-state index in [1.807, 2.05) is 19.4 Å². The Morgan fingerprint density at radius 2 is 2.11 bits per heavy atom. The highest BCUT2D eigenvalue weighted by molar-refractivity contribution is 5.48. The predicted octanol–water partition coefficient (Wildman–Crippen LogP) is 1.98.